The Hall–Kier alpha value is -1.44. The fourth-order valence-electron chi connectivity index (χ4n) is 2.05. The Labute approximate surface area is 76.7 Å². The van der Waals surface area contributed by atoms with Crippen LogP contribution in [-0.2, 0) is 6.54 Å². The third-order valence-electron chi connectivity index (χ3n) is 2.65. The number of ether oxygens (including phenoxy) is 1. The summed E-state index contributed by atoms with van der Waals surface area (Å²) in [4.78, 5) is 0. The van der Waals surface area contributed by atoms with Crippen LogP contribution < -0.4 is 4.74 Å². The average Bonchev–Trinajstić information content (AvgIpc) is 2.47. The molecule has 2 nitrogen and oxygen atoms in total. The van der Waals surface area contributed by atoms with Gasteiger partial charge in [-0.25, -0.2) is 0 Å². The molecule has 1 aliphatic heterocycles. The Kier molecular flexibility index (Phi) is 1.23. The van der Waals surface area contributed by atoms with Gasteiger partial charge in [0.2, 0.25) is 0 Å². The Bertz CT molecular complexity index is 470. The van der Waals surface area contributed by atoms with E-state index in [2.05, 4.69) is 29.8 Å². The standard InChI is InChI=1S/C11H11NO/c1-8-7-12-5-6-13-10-4-2-3-9(8)11(10)12/h2-4,7H,5-6H2,1H3. The summed E-state index contributed by atoms with van der Waals surface area (Å²) in [7, 11) is 0. The van der Waals surface area contributed by atoms with Gasteiger partial charge in [-0.3, -0.25) is 0 Å². The van der Waals surface area contributed by atoms with Gasteiger partial charge in [0.15, 0.2) is 0 Å². The Balaban J connectivity index is 2.51. The van der Waals surface area contributed by atoms with Crippen molar-refractivity contribution in [3.05, 3.63) is 30.0 Å². The zero-order valence-corrected chi connectivity index (χ0v) is 7.58. The lowest BCUT2D eigenvalue weighted by molar-refractivity contribution is 0.287. The van der Waals surface area contributed by atoms with Gasteiger partial charge in [0.05, 0.1) is 12.1 Å². The molecule has 1 aromatic heterocycles. The van der Waals surface area contributed by atoms with Gasteiger partial charge in [-0.15, -0.1) is 0 Å². The van der Waals surface area contributed by atoms with E-state index < -0.39 is 0 Å². The summed E-state index contributed by atoms with van der Waals surface area (Å²) in [5.74, 6) is 1.02. The number of nitrogens with zero attached hydrogens (tertiary/aromatic N) is 1. The van der Waals surface area contributed by atoms with E-state index in [4.69, 9.17) is 4.74 Å². The first-order valence-corrected chi connectivity index (χ1v) is 4.57. The highest BCUT2D eigenvalue weighted by Crippen LogP contribution is 2.31. The molecule has 0 atom stereocenters. The lowest BCUT2D eigenvalue weighted by atomic mass is 10.2. The van der Waals surface area contributed by atoms with E-state index in [1.54, 1.807) is 0 Å². The second kappa shape index (κ2) is 2.28. The molecule has 3 rings (SSSR count). The predicted molar refractivity (Wildman–Crippen MR) is 52.2 cm³/mol. The Morgan fingerprint density at radius 2 is 2.31 bits per heavy atom. The van der Waals surface area contributed by atoms with E-state index >= 15 is 0 Å². The van der Waals surface area contributed by atoms with E-state index in [0.29, 0.717) is 0 Å². The maximum Gasteiger partial charge on any atom is 0.143 e. The third-order valence-corrected chi connectivity index (χ3v) is 2.65. The molecule has 2 heteroatoms. The minimum atomic E-state index is 0.792. The van der Waals surface area contributed by atoms with Gasteiger partial charge in [-0.05, 0) is 18.6 Å². The minimum Gasteiger partial charge on any atom is -0.490 e. The van der Waals surface area contributed by atoms with Crippen LogP contribution >= 0.6 is 0 Å². The Morgan fingerprint density at radius 3 is 3.23 bits per heavy atom. The van der Waals surface area contributed by atoms with Crippen molar-refractivity contribution in [2.45, 2.75) is 13.5 Å². The number of rotatable bonds is 0. The largest absolute Gasteiger partial charge is 0.490 e. The maximum atomic E-state index is 5.59. The summed E-state index contributed by atoms with van der Waals surface area (Å²) in [6.07, 6.45) is 2.21. The van der Waals surface area contributed by atoms with Crippen LogP contribution in [-0.4, -0.2) is 11.2 Å². The highest BCUT2D eigenvalue weighted by molar-refractivity contribution is 5.89. The molecule has 0 saturated carbocycles. The average molecular weight is 173 g/mol. The van der Waals surface area contributed by atoms with Crippen LogP contribution in [0, 0.1) is 6.92 Å². The van der Waals surface area contributed by atoms with Crippen molar-refractivity contribution >= 4 is 10.9 Å². The lowest BCUT2D eigenvalue weighted by Crippen LogP contribution is -2.12. The van der Waals surface area contributed by atoms with Crippen molar-refractivity contribution in [1.29, 1.82) is 0 Å². The topological polar surface area (TPSA) is 14.2 Å². The van der Waals surface area contributed by atoms with Crippen molar-refractivity contribution in [3.8, 4) is 5.75 Å². The normalized spacial score (nSPS) is 14.5. The van der Waals surface area contributed by atoms with Crippen LogP contribution in [0.25, 0.3) is 10.9 Å². The van der Waals surface area contributed by atoms with Crippen LogP contribution in [0.3, 0.4) is 0 Å². The second-order valence-electron chi connectivity index (χ2n) is 3.51. The molecule has 0 unspecified atom stereocenters. The fourth-order valence-corrected chi connectivity index (χ4v) is 2.05. The number of aromatic nitrogens is 1. The van der Waals surface area contributed by atoms with Crippen molar-refractivity contribution < 1.29 is 4.74 Å². The van der Waals surface area contributed by atoms with Gasteiger partial charge in [0.1, 0.15) is 12.4 Å². The van der Waals surface area contributed by atoms with E-state index in [9.17, 15) is 0 Å². The molecule has 0 N–H and O–H groups in total. The van der Waals surface area contributed by atoms with E-state index in [-0.39, 0.29) is 0 Å². The minimum absolute atomic E-state index is 0.792. The predicted octanol–water partition coefficient (Wildman–Crippen LogP) is 2.34. The van der Waals surface area contributed by atoms with Gasteiger partial charge in [-0.2, -0.15) is 0 Å². The van der Waals surface area contributed by atoms with Crippen LogP contribution in [0.2, 0.25) is 0 Å². The van der Waals surface area contributed by atoms with Gasteiger partial charge < -0.3 is 9.30 Å². The number of benzene rings is 1. The van der Waals surface area contributed by atoms with Crippen molar-refractivity contribution in [3.63, 3.8) is 0 Å². The molecule has 0 bridgehead atoms. The summed E-state index contributed by atoms with van der Waals surface area (Å²) in [6.45, 7) is 3.91. The van der Waals surface area contributed by atoms with Gasteiger partial charge in [0.25, 0.3) is 0 Å². The van der Waals surface area contributed by atoms with Crippen LogP contribution in [0.15, 0.2) is 24.4 Å². The number of para-hydroxylation sites is 1. The smallest absolute Gasteiger partial charge is 0.143 e. The quantitative estimate of drug-likeness (QED) is 0.596. The zero-order valence-electron chi connectivity index (χ0n) is 7.58. The fraction of sp³-hybridized carbons (Fsp3) is 0.273. The molecule has 0 saturated heterocycles. The molecule has 13 heavy (non-hydrogen) atoms. The second-order valence-corrected chi connectivity index (χ2v) is 3.51. The highest BCUT2D eigenvalue weighted by atomic mass is 16.5. The van der Waals surface area contributed by atoms with Gasteiger partial charge >= 0.3 is 0 Å². The van der Waals surface area contributed by atoms with Gasteiger partial charge in [0, 0.05) is 11.6 Å². The van der Waals surface area contributed by atoms with E-state index in [1.807, 2.05) is 6.07 Å². The summed E-state index contributed by atoms with van der Waals surface area (Å²) in [6, 6.07) is 6.25. The van der Waals surface area contributed by atoms with Gasteiger partial charge in [-0.1, -0.05) is 12.1 Å². The van der Waals surface area contributed by atoms with Crippen molar-refractivity contribution in [2.24, 2.45) is 0 Å². The van der Waals surface area contributed by atoms with Crippen LogP contribution in [0.1, 0.15) is 5.56 Å². The first kappa shape index (κ1) is 7.01. The highest BCUT2D eigenvalue weighted by Gasteiger charge is 2.14. The van der Waals surface area contributed by atoms with Crippen LogP contribution in [0.4, 0.5) is 0 Å². The summed E-state index contributed by atoms with van der Waals surface area (Å²) < 4.78 is 7.87. The molecule has 0 spiro atoms. The molecule has 1 aliphatic rings. The summed E-state index contributed by atoms with van der Waals surface area (Å²) >= 11 is 0. The molecule has 0 aliphatic carbocycles. The summed E-state index contributed by atoms with van der Waals surface area (Å²) in [5, 5.41) is 1.32. The molecular weight excluding hydrogens is 162 g/mol. The molecular formula is C11H11NO. The molecule has 0 fully saturated rings. The molecule has 0 amide bonds. The number of hydrogen-bond acceptors (Lipinski definition) is 1. The van der Waals surface area contributed by atoms with E-state index in [0.717, 1.165) is 18.9 Å². The third kappa shape index (κ3) is 0.829. The molecule has 1 aromatic carbocycles. The molecule has 66 valence electrons. The molecule has 2 heterocycles. The van der Waals surface area contributed by atoms with Crippen LogP contribution in [0.5, 0.6) is 5.75 Å². The van der Waals surface area contributed by atoms with Crippen molar-refractivity contribution in [2.75, 3.05) is 6.61 Å². The number of aryl methyl sites for hydroxylation is 1. The number of hydrogen-bond donors (Lipinski definition) is 0. The summed E-state index contributed by atoms with van der Waals surface area (Å²) in [5.41, 5.74) is 2.59. The first-order chi connectivity index (χ1) is 6.36. The lowest BCUT2D eigenvalue weighted by Gasteiger charge is -2.16. The van der Waals surface area contributed by atoms with Crippen molar-refractivity contribution in [1.82, 2.24) is 4.57 Å². The SMILES string of the molecule is Cc1cn2c3c(cccc13)OCC2. The molecule has 2 aromatic rings. The zero-order chi connectivity index (χ0) is 8.84. The monoisotopic (exact) mass is 173 g/mol. The maximum absolute atomic E-state index is 5.59. The first-order valence-electron chi connectivity index (χ1n) is 4.57. The molecule has 0 radical (unpaired) electrons. The van der Waals surface area contributed by atoms with E-state index in [1.165, 1.54) is 16.5 Å². The Morgan fingerprint density at radius 1 is 1.38 bits per heavy atom.